The Bertz CT molecular complexity index is 203. The maximum atomic E-state index is 9.96. The molecule has 0 aliphatic heterocycles. The van der Waals surface area contributed by atoms with E-state index in [1.54, 1.807) is 6.92 Å². The summed E-state index contributed by atoms with van der Waals surface area (Å²) in [5, 5.41) is 8.19. The van der Waals surface area contributed by atoms with Gasteiger partial charge in [0.2, 0.25) is 0 Å². The van der Waals surface area contributed by atoms with Gasteiger partial charge in [-0.05, 0) is 19.8 Å². The fraction of sp³-hybridized carbons (Fsp3) is 0.714. The predicted molar refractivity (Wildman–Crippen MR) is 46.7 cm³/mol. The van der Waals surface area contributed by atoms with Crippen LogP contribution in [0.2, 0.25) is 0 Å². The van der Waals surface area contributed by atoms with E-state index in [2.05, 4.69) is 4.74 Å². The first-order valence-electron chi connectivity index (χ1n) is 3.77. The molecule has 13 heavy (non-hydrogen) atoms. The molecule has 6 heteroatoms. The molecule has 0 aromatic carbocycles. The molecule has 1 saturated carbocycles. The van der Waals surface area contributed by atoms with Crippen molar-refractivity contribution in [3.63, 3.8) is 0 Å². The summed E-state index contributed by atoms with van der Waals surface area (Å²) >= 11 is 4.72. The van der Waals surface area contributed by atoms with Gasteiger partial charge in [0, 0.05) is 11.6 Å². The van der Waals surface area contributed by atoms with Gasteiger partial charge in [0.05, 0.1) is 6.61 Å². The van der Waals surface area contributed by atoms with Crippen molar-refractivity contribution in [3.8, 4) is 0 Å². The molecule has 0 bridgehead atoms. The van der Waals surface area contributed by atoms with Gasteiger partial charge in [-0.2, -0.15) is 0 Å². The fourth-order valence-electron chi connectivity index (χ4n) is 0.462. The minimum absolute atomic E-state index is 0.350. The van der Waals surface area contributed by atoms with Crippen LogP contribution in [0.3, 0.4) is 0 Å². The molecule has 76 valence electrons. The first kappa shape index (κ1) is 12.2. The van der Waals surface area contributed by atoms with E-state index in [1.807, 2.05) is 0 Å². The highest BCUT2D eigenvalue weighted by atomic mass is 35.5. The number of carbonyl (C=O) groups excluding carboxylic acids is 1. The third-order valence-electron chi connectivity index (χ3n) is 1.47. The molecule has 1 rings (SSSR count). The van der Waals surface area contributed by atoms with E-state index in [-0.39, 0.29) is 0 Å². The predicted octanol–water partition coefficient (Wildman–Crippen LogP) is 0.944. The molecule has 0 amide bonds. The molecule has 1 aliphatic carbocycles. The van der Waals surface area contributed by atoms with Crippen molar-refractivity contribution in [2.24, 2.45) is 5.73 Å². The number of hydrogen-bond donors (Lipinski definition) is 2. The van der Waals surface area contributed by atoms with E-state index in [0.717, 1.165) is 0 Å². The van der Waals surface area contributed by atoms with Gasteiger partial charge in [0.1, 0.15) is 5.54 Å². The van der Waals surface area contributed by atoms with Crippen LogP contribution in [0.25, 0.3) is 0 Å². The Morgan fingerprint density at radius 3 is 2.08 bits per heavy atom. The summed E-state index contributed by atoms with van der Waals surface area (Å²) in [5.41, 5.74) is 3.62. The smallest absolute Gasteiger partial charge is 0.403 e. The van der Waals surface area contributed by atoms with Crippen LogP contribution in [-0.2, 0) is 9.53 Å². The molecule has 0 spiro atoms. The Morgan fingerprint density at radius 1 is 1.62 bits per heavy atom. The molecule has 5 nitrogen and oxygen atoms in total. The molecule has 0 heterocycles. The van der Waals surface area contributed by atoms with Crippen molar-refractivity contribution in [2.45, 2.75) is 25.3 Å². The van der Waals surface area contributed by atoms with Crippen molar-refractivity contribution in [1.82, 2.24) is 0 Å². The zero-order valence-electron chi connectivity index (χ0n) is 7.25. The van der Waals surface area contributed by atoms with Crippen LogP contribution in [0.5, 0.6) is 0 Å². The average Bonchev–Trinajstić information content (AvgIpc) is 2.70. The summed E-state index contributed by atoms with van der Waals surface area (Å²) in [7, 11) is 0. The van der Waals surface area contributed by atoms with Crippen molar-refractivity contribution in [2.75, 3.05) is 6.61 Å². The molecule has 1 fully saturated rings. The van der Waals surface area contributed by atoms with Gasteiger partial charge < -0.3 is 15.6 Å². The number of rotatable bonds is 2. The Labute approximate surface area is 80.8 Å². The van der Waals surface area contributed by atoms with Gasteiger partial charge in [0.15, 0.2) is 0 Å². The van der Waals surface area contributed by atoms with Crippen LogP contribution in [0.4, 0.5) is 4.79 Å². The van der Waals surface area contributed by atoms with E-state index in [4.69, 9.17) is 22.4 Å². The number of carboxylic acids is 1. The van der Waals surface area contributed by atoms with E-state index in [9.17, 15) is 9.59 Å². The fourth-order valence-corrected chi connectivity index (χ4v) is 0.571. The second kappa shape index (κ2) is 5.04. The zero-order valence-corrected chi connectivity index (χ0v) is 8.00. The molecular formula is C7H12ClNO4. The Kier molecular flexibility index (Phi) is 4.72. The number of ether oxygens (including phenoxy) is 1. The van der Waals surface area contributed by atoms with E-state index < -0.39 is 16.9 Å². The van der Waals surface area contributed by atoms with Crippen LogP contribution in [0.15, 0.2) is 0 Å². The van der Waals surface area contributed by atoms with Gasteiger partial charge in [-0.3, -0.25) is 4.79 Å². The maximum Gasteiger partial charge on any atom is 0.403 e. The standard InChI is InChI=1S/C4H7NO2.C3H5ClO2/c5-4(1-2-4)3(6)7;1-2-6-3(4)5/h1-2,5H2,(H,6,7);2H2,1H3. The van der Waals surface area contributed by atoms with Gasteiger partial charge in [-0.15, -0.1) is 0 Å². The van der Waals surface area contributed by atoms with Crippen molar-refractivity contribution in [3.05, 3.63) is 0 Å². The molecule has 0 atom stereocenters. The number of carbonyl (C=O) groups is 2. The molecule has 0 aromatic rings. The topological polar surface area (TPSA) is 89.6 Å². The van der Waals surface area contributed by atoms with Gasteiger partial charge in [0.25, 0.3) is 0 Å². The Hall–Kier alpha value is -0.810. The highest BCUT2D eigenvalue weighted by molar-refractivity contribution is 6.61. The first-order valence-corrected chi connectivity index (χ1v) is 4.14. The molecule has 0 saturated heterocycles. The van der Waals surface area contributed by atoms with Gasteiger partial charge in [-0.25, -0.2) is 4.79 Å². The Balaban J connectivity index is 0.000000226. The number of hydrogen-bond acceptors (Lipinski definition) is 4. The third kappa shape index (κ3) is 5.43. The average molecular weight is 210 g/mol. The Morgan fingerprint density at radius 2 is 2.08 bits per heavy atom. The van der Waals surface area contributed by atoms with E-state index in [1.165, 1.54) is 0 Å². The largest absolute Gasteiger partial charge is 0.480 e. The summed E-state index contributed by atoms with van der Waals surface area (Å²) in [5.74, 6) is -0.868. The van der Waals surface area contributed by atoms with Crippen LogP contribution in [-0.4, -0.2) is 28.7 Å². The molecule has 3 N–H and O–H groups in total. The molecule has 0 aromatic heterocycles. The SMILES string of the molecule is CCOC(=O)Cl.NC1(C(=O)O)CC1. The van der Waals surface area contributed by atoms with Crippen molar-refractivity contribution >= 4 is 23.0 Å². The van der Waals surface area contributed by atoms with E-state index >= 15 is 0 Å². The number of carboxylic acid groups (broad SMARTS) is 1. The highest BCUT2D eigenvalue weighted by Gasteiger charge is 2.46. The molecule has 0 radical (unpaired) electrons. The van der Waals surface area contributed by atoms with Crippen LogP contribution in [0, 0.1) is 0 Å². The lowest BCUT2D eigenvalue weighted by molar-refractivity contribution is -0.139. The lowest BCUT2D eigenvalue weighted by atomic mass is 10.3. The quantitative estimate of drug-likeness (QED) is 0.661. The number of aliphatic carboxylic acids is 1. The zero-order chi connectivity index (χ0) is 10.5. The van der Waals surface area contributed by atoms with Crippen LogP contribution in [0.1, 0.15) is 19.8 Å². The van der Waals surface area contributed by atoms with E-state index in [0.29, 0.717) is 19.4 Å². The molecular weight excluding hydrogens is 198 g/mol. The second-order valence-electron chi connectivity index (χ2n) is 2.63. The maximum absolute atomic E-state index is 9.96. The normalized spacial score (nSPS) is 16.5. The highest BCUT2D eigenvalue weighted by Crippen LogP contribution is 2.31. The molecule has 1 aliphatic rings. The summed E-state index contributed by atoms with van der Waals surface area (Å²) in [4.78, 5) is 19.5. The van der Waals surface area contributed by atoms with Crippen molar-refractivity contribution in [1.29, 1.82) is 0 Å². The van der Waals surface area contributed by atoms with Gasteiger partial charge in [-0.1, -0.05) is 0 Å². The van der Waals surface area contributed by atoms with Crippen LogP contribution < -0.4 is 5.73 Å². The summed E-state index contributed by atoms with van der Waals surface area (Å²) in [6.07, 6.45) is 1.28. The lowest BCUT2D eigenvalue weighted by Gasteiger charge is -1.95. The minimum Gasteiger partial charge on any atom is -0.480 e. The van der Waals surface area contributed by atoms with Crippen molar-refractivity contribution < 1.29 is 19.4 Å². The lowest BCUT2D eigenvalue weighted by Crippen LogP contribution is -2.31. The monoisotopic (exact) mass is 209 g/mol. The summed E-state index contributed by atoms with van der Waals surface area (Å²) < 4.78 is 4.17. The third-order valence-corrected chi connectivity index (χ3v) is 1.58. The molecule has 0 unspecified atom stereocenters. The van der Waals surface area contributed by atoms with Crippen LogP contribution >= 0.6 is 11.6 Å². The summed E-state index contributed by atoms with van der Waals surface area (Å²) in [6, 6.07) is 0. The number of nitrogens with two attached hydrogens (primary N) is 1. The number of halogens is 1. The second-order valence-corrected chi connectivity index (χ2v) is 2.94. The minimum atomic E-state index is -0.868. The summed E-state index contributed by atoms with van der Waals surface area (Å²) in [6.45, 7) is 2.04. The first-order chi connectivity index (χ1) is 5.92. The van der Waals surface area contributed by atoms with Gasteiger partial charge >= 0.3 is 11.4 Å².